The zero-order valence-electron chi connectivity index (χ0n) is 13.0. The molecule has 3 nitrogen and oxygen atoms in total. The Labute approximate surface area is 131 Å². The molecular weight excluding hydrogens is 276 g/mol. The van der Waals surface area contributed by atoms with Crippen molar-refractivity contribution in [1.82, 2.24) is 0 Å². The topological polar surface area (TPSA) is 57.5 Å². The van der Waals surface area contributed by atoms with Crippen LogP contribution in [0.25, 0.3) is 11.1 Å². The van der Waals surface area contributed by atoms with Crippen LogP contribution in [-0.4, -0.2) is 21.8 Å². The lowest BCUT2D eigenvalue weighted by atomic mass is 9.76. The summed E-state index contributed by atoms with van der Waals surface area (Å²) in [5.74, 6) is -1.94. The van der Waals surface area contributed by atoms with Crippen LogP contribution in [0.3, 0.4) is 0 Å². The van der Waals surface area contributed by atoms with Crippen LogP contribution in [0.1, 0.15) is 38.2 Å². The third-order valence-corrected chi connectivity index (χ3v) is 4.37. The number of benzene rings is 2. The summed E-state index contributed by atoms with van der Waals surface area (Å²) in [4.78, 5) is 11.9. The average Bonchev–Trinajstić information content (AvgIpc) is 2.55. The standard InChI is InChI=1S/C19H22O3/c1-3-19(22,4-2)17(18(20)21)16-13-9-8-12-15(16)14-10-6-5-7-11-14/h5-13,17,22H,3-4H2,1-2H3,(H,20,21). The van der Waals surface area contributed by atoms with Crippen LogP contribution in [0.4, 0.5) is 0 Å². The van der Waals surface area contributed by atoms with Crippen molar-refractivity contribution in [2.45, 2.75) is 38.2 Å². The number of hydrogen-bond acceptors (Lipinski definition) is 2. The molecule has 0 heterocycles. The fourth-order valence-corrected chi connectivity index (χ4v) is 2.94. The van der Waals surface area contributed by atoms with Crippen LogP contribution in [0, 0.1) is 0 Å². The van der Waals surface area contributed by atoms with Gasteiger partial charge in [0.15, 0.2) is 0 Å². The lowest BCUT2D eigenvalue weighted by molar-refractivity contribution is -0.146. The fraction of sp³-hybridized carbons (Fsp3) is 0.316. The van der Waals surface area contributed by atoms with E-state index in [4.69, 9.17) is 0 Å². The lowest BCUT2D eigenvalue weighted by Crippen LogP contribution is -2.39. The largest absolute Gasteiger partial charge is 0.481 e. The summed E-state index contributed by atoms with van der Waals surface area (Å²) in [6, 6.07) is 17.1. The number of carboxylic acid groups (broad SMARTS) is 1. The lowest BCUT2D eigenvalue weighted by Gasteiger charge is -2.33. The molecule has 2 N–H and O–H groups in total. The summed E-state index contributed by atoms with van der Waals surface area (Å²) in [6.45, 7) is 3.65. The van der Waals surface area contributed by atoms with Crippen molar-refractivity contribution >= 4 is 5.97 Å². The third kappa shape index (κ3) is 3.04. The first-order valence-electron chi connectivity index (χ1n) is 7.63. The first-order chi connectivity index (χ1) is 10.5. The summed E-state index contributed by atoms with van der Waals surface area (Å²) in [5, 5.41) is 20.5. The van der Waals surface area contributed by atoms with E-state index in [0.717, 1.165) is 11.1 Å². The molecule has 0 aliphatic rings. The Balaban J connectivity index is 2.62. The van der Waals surface area contributed by atoms with Crippen LogP contribution in [0.15, 0.2) is 54.6 Å². The number of carbonyl (C=O) groups is 1. The van der Waals surface area contributed by atoms with Crippen molar-refractivity contribution in [1.29, 1.82) is 0 Å². The zero-order chi connectivity index (χ0) is 16.2. The number of carboxylic acids is 1. The van der Waals surface area contributed by atoms with E-state index in [-0.39, 0.29) is 0 Å². The maximum absolute atomic E-state index is 11.9. The van der Waals surface area contributed by atoms with E-state index >= 15 is 0 Å². The minimum absolute atomic E-state index is 0.392. The van der Waals surface area contributed by atoms with Crippen LogP contribution in [0.5, 0.6) is 0 Å². The molecule has 0 amide bonds. The summed E-state index contributed by atoms with van der Waals surface area (Å²) in [7, 11) is 0. The second kappa shape index (κ2) is 6.75. The quantitative estimate of drug-likeness (QED) is 0.845. The molecule has 2 rings (SSSR count). The monoisotopic (exact) mass is 298 g/mol. The fourth-order valence-electron chi connectivity index (χ4n) is 2.94. The Morgan fingerprint density at radius 1 is 1.00 bits per heavy atom. The molecule has 22 heavy (non-hydrogen) atoms. The molecule has 0 spiro atoms. The summed E-state index contributed by atoms with van der Waals surface area (Å²) >= 11 is 0. The van der Waals surface area contributed by atoms with Gasteiger partial charge < -0.3 is 10.2 Å². The predicted octanol–water partition coefficient (Wildman–Crippen LogP) is 4.07. The maximum Gasteiger partial charge on any atom is 0.313 e. The highest BCUT2D eigenvalue weighted by atomic mass is 16.4. The van der Waals surface area contributed by atoms with Gasteiger partial charge in [-0.2, -0.15) is 0 Å². The van der Waals surface area contributed by atoms with Crippen LogP contribution in [0.2, 0.25) is 0 Å². The second-order valence-corrected chi connectivity index (χ2v) is 5.54. The van der Waals surface area contributed by atoms with Gasteiger partial charge in [0.1, 0.15) is 5.92 Å². The van der Waals surface area contributed by atoms with E-state index in [1.165, 1.54) is 0 Å². The van der Waals surface area contributed by atoms with E-state index in [1.54, 1.807) is 6.07 Å². The van der Waals surface area contributed by atoms with Crippen LogP contribution < -0.4 is 0 Å². The van der Waals surface area contributed by atoms with Gasteiger partial charge >= 0.3 is 5.97 Å². The second-order valence-electron chi connectivity index (χ2n) is 5.54. The zero-order valence-corrected chi connectivity index (χ0v) is 13.0. The minimum Gasteiger partial charge on any atom is -0.481 e. The molecular formula is C19H22O3. The highest BCUT2D eigenvalue weighted by Crippen LogP contribution is 2.39. The molecule has 0 saturated heterocycles. The number of hydrogen-bond donors (Lipinski definition) is 2. The van der Waals surface area contributed by atoms with Gasteiger partial charge in [-0.05, 0) is 29.5 Å². The van der Waals surface area contributed by atoms with Crippen molar-refractivity contribution in [3.05, 3.63) is 60.2 Å². The summed E-state index contributed by atoms with van der Waals surface area (Å²) in [5.41, 5.74) is 1.22. The molecule has 0 bridgehead atoms. The van der Waals surface area contributed by atoms with E-state index < -0.39 is 17.5 Å². The molecule has 0 aliphatic heterocycles. The number of rotatable bonds is 6. The molecule has 2 aromatic carbocycles. The smallest absolute Gasteiger partial charge is 0.313 e. The Morgan fingerprint density at radius 2 is 1.55 bits per heavy atom. The van der Waals surface area contributed by atoms with Crippen LogP contribution in [-0.2, 0) is 4.79 Å². The average molecular weight is 298 g/mol. The highest BCUT2D eigenvalue weighted by Gasteiger charge is 2.41. The van der Waals surface area contributed by atoms with Crippen molar-refractivity contribution in [2.24, 2.45) is 0 Å². The van der Waals surface area contributed by atoms with Gasteiger partial charge in [-0.1, -0.05) is 68.4 Å². The van der Waals surface area contributed by atoms with Gasteiger partial charge in [-0.15, -0.1) is 0 Å². The van der Waals surface area contributed by atoms with Gasteiger partial charge in [-0.3, -0.25) is 4.79 Å². The Kier molecular flexibility index (Phi) is 4.99. The van der Waals surface area contributed by atoms with Gasteiger partial charge in [0.25, 0.3) is 0 Å². The molecule has 1 unspecified atom stereocenters. The van der Waals surface area contributed by atoms with Crippen molar-refractivity contribution in [3.63, 3.8) is 0 Å². The molecule has 0 radical (unpaired) electrons. The molecule has 1 atom stereocenters. The molecule has 0 saturated carbocycles. The van der Waals surface area contributed by atoms with Gasteiger partial charge in [0.05, 0.1) is 5.60 Å². The first-order valence-corrected chi connectivity index (χ1v) is 7.63. The van der Waals surface area contributed by atoms with E-state index in [1.807, 2.05) is 62.4 Å². The molecule has 116 valence electrons. The van der Waals surface area contributed by atoms with Gasteiger partial charge in [-0.25, -0.2) is 0 Å². The maximum atomic E-state index is 11.9. The predicted molar refractivity (Wildman–Crippen MR) is 87.8 cm³/mol. The van der Waals surface area contributed by atoms with E-state index in [2.05, 4.69) is 0 Å². The summed E-state index contributed by atoms with van der Waals surface area (Å²) in [6.07, 6.45) is 0.785. The number of aliphatic carboxylic acids is 1. The molecule has 2 aromatic rings. The molecule has 0 aliphatic carbocycles. The van der Waals surface area contributed by atoms with Crippen LogP contribution >= 0.6 is 0 Å². The SMILES string of the molecule is CCC(O)(CC)C(C(=O)O)c1ccccc1-c1ccccc1. The van der Waals surface area contributed by atoms with Crippen molar-refractivity contribution < 1.29 is 15.0 Å². The first kappa shape index (κ1) is 16.2. The third-order valence-electron chi connectivity index (χ3n) is 4.37. The Hall–Kier alpha value is -2.13. The van der Waals surface area contributed by atoms with Crippen molar-refractivity contribution in [3.8, 4) is 11.1 Å². The van der Waals surface area contributed by atoms with Gasteiger partial charge in [0, 0.05) is 0 Å². The normalized spacial score (nSPS) is 12.9. The van der Waals surface area contributed by atoms with E-state index in [9.17, 15) is 15.0 Å². The molecule has 0 aromatic heterocycles. The Morgan fingerprint density at radius 3 is 2.09 bits per heavy atom. The Bertz CT molecular complexity index is 630. The van der Waals surface area contributed by atoms with Gasteiger partial charge in [0.2, 0.25) is 0 Å². The molecule has 3 heteroatoms. The summed E-state index contributed by atoms with van der Waals surface area (Å²) < 4.78 is 0. The number of aliphatic hydroxyl groups is 1. The highest BCUT2D eigenvalue weighted by molar-refractivity contribution is 5.82. The molecule has 0 fully saturated rings. The minimum atomic E-state index is -1.25. The van der Waals surface area contributed by atoms with E-state index in [0.29, 0.717) is 18.4 Å². The van der Waals surface area contributed by atoms with Crippen molar-refractivity contribution in [2.75, 3.05) is 0 Å².